The Balaban J connectivity index is 1.34. The molecule has 1 saturated heterocycles. The average Bonchev–Trinajstić information content (AvgIpc) is 2.79. The highest BCUT2D eigenvalue weighted by Crippen LogP contribution is 2.22. The highest BCUT2D eigenvalue weighted by Gasteiger charge is 2.43. The summed E-state index contributed by atoms with van der Waals surface area (Å²) in [7, 11) is 0. The summed E-state index contributed by atoms with van der Waals surface area (Å²) in [5.74, 6) is 0.787. The molecule has 1 fully saturated rings. The molecular weight excluding hydrogens is 390 g/mol. The quantitative estimate of drug-likeness (QED) is 0.417. The first-order valence-electron chi connectivity index (χ1n) is 10.1. The van der Waals surface area contributed by atoms with Crippen LogP contribution in [-0.2, 0) is 22.5 Å². The first-order chi connectivity index (χ1) is 14.6. The van der Waals surface area contributed by atoms with E-state index in [0.717, 1.165) is 30.7 Å². The lowest BCUT2D eigenvalue weighted by molar-refractivity contribution is -0.301. The van der Waals surface area contributed by atoms with Crippen LogP contribution >= 0.6 is 0 Å². The topological polar surface area (TPSA) is 122 Å². The molecule has 164 valence electrons. The smallest absolute Gasteiger partial charge is 0.186 e. The van der Waals surface area contributed by atoms with Crippen LogP contribution in [-0.4, -0.2) is 69.3 Å². The lowest BCUT2D eigenvalue weighted by Crippen LogP contribution is -2.59. The molecule has 8 heteroatoms. The molecular formula is C22H29NO7. The zero-order chi connectivity index (χ0) is 21.3. The third-order valence-corrected chi connectivity index (χ3v) is 5.03. The molecule has 0 spiro atoms. The van der Waals surface area contributed by atoms with Crippen LogP contribution in [0, 0.1) is 0 Å². The largest absolute Gasteiger partial charge is 0.487 e. The number of unbranched alkanes of at least 4 members (excludes halogenated alkanes) is 1. The van der Waals surface area contributed by atoms with Gasteiger partial charge in [-0.25, -0.2) is 0 Å². The summed E-state index contributed by atoms with van der Waals surface area (Å²) in [4.78, 5) is 4.22. The van der Waals surface area contributed by atoms with Crippen molar-refractivity contribution in [3.8, 4) is 5.75 Å². The van der Waals surface area contributed by atoms with Gasteiger partial charge in [0.15, 0.2) is 6.29 Å². The average molecular weight is 419 g/mol. The number of aliphatic hydroxyl groups excluding tert-OH is 4. The summed E-state index contributed by atoms with van der Waals surface area (Å²) in [5, 5.41) is 38.6. The Hall–Kier alpha value is -2.07. The molecule has 0 aliphatic carbocycles. The third kappa shape index (κ3) is 6.21. The number of hydrogen-bond donors (Lipinski definition) is 4. The van der Waals surface area contributed by atoms with Crippen LogP contribution in [0.3, 0.4) is 0 Å². The van der Waals surface area contributed by atoms with Crippen molar-refractivity contribution >= 4 is 0 Å². The first-order valence-corrected chi connectivity index (χ1v) is 10.1. The van der Waals surface area contributed by atoms with E-state index in [-0.39, 0.29) is 0 Å². The summed E-state index contributed by atoms with van der Waals surface area (Å²) in [6, 6.07) is 13.6. The molecule has 1 aromatic carbocycles. The van der Waals surface area contributed by atoms with E-state index >= 15 is 0 Å². The van der Waals surface area contributed by atoms with Crippen LogP contribution in [0.25, 0.3) is 0 Å². The Morgan fingerprint density at radius 3 is 2.43 bits per heavy atom. The van der Waals surface area contributed by atoms with E-state index in [0.29, 0.717) is 13.2 Å². The van der Waals surface area contributed by atoms with Crippen LogP contribution in [0.1, 0.15) is 24.1 Å². The van der Waals surface area contributed by atoms with Crippen LogP contribution in [0.2, 0.25) is 0 Å². The van der Waals surface area contributed by atoms with E-state index in [9.17, 15) is 20.4 Å². The summed E-state index contributed by atoms with van der Waals surface area (Å²) < 4.78 is 16.5. The van der Waals surface area contributed by atoms with E-state index in [2.05, 4.69) is 4.98 Å². The molecule has 0 saturated carbocycles. The zero-order valence-corrected chi connectivity index (χ0v) is 16.7. The Morgan fingerprint density at radius 1 is 0.933 bits per heavy atom. The number of pyridine rings is 1. The predicted molar refractivity (Wildman–Crippen MR) is 108 cm³/mol. The molecule has 30 heavy (non-hydrogen) atoms. The van der Waals surface area contributed by atoms with Crippen molar-refractivity contribution in [3.63, 3.8) is 0 Å². The van der Waals surface area contributed by atoms with E-state index in [1.54, 1.807) is 6.20 Å². The molecule has 0 radical (unpaired) electrons. The third-order valence-electron chi connectivity index (χ3n) is 5.03. The monoisotopic (exact) mass is 419 g/mol. The van der Waals surface area contributed by atoms with Crippen LogP contribution < -0.4 is 4.74 Å². The van der Waals surface area contributed by atoms with Gasteiger partial charge in [0.2, 0.25) is 0 Å². The van der Waals surface area contributed by atoms with Crippen molar-refractivity contribution in [2.24, 2.45) is 0 Å². The van der Waals surface area contributed by atoms with E-state index in [4.69, 9.17) is 14.2 Å². The minimum Gasteiger partial charge on any atom is -0.487 e. The van der Waals surface area contributed by atoms with Crippen molar-refractivity contribution in [2.45, 2.75) is 56.6 Å². The van der Waals surface area contributed by atoms with Gasteiger partial charge in [-0.2, -0.15) is 0 Å². The minimum absolute atomic E-state index is 0.327. The van der Waals surface area contributed by atoms with E-state index in [1.807, 2.05) is 42.5 Å². The second kappa shape index (κ2) is 11.4. The molecule has 8 nitrogen and oxygen atoms in total. The highest BCUT2D eigenvalue weighted by atomic mass is 16.7. The number of aliphatic hydroxyl groups is 4. The normalized spacial score (nSPS) is 26.5. The lowest BCUT2D eigenvalue weighted by atomic mass is 9.99. The number of rotatable bonds is 10. The van der Waals surface area contributed by atoms with Gasteiger partial charge in [-0.05, 0) is 49.1 Å². The standard InChI is InChI=1S/C22H29NO7/c24-13-18-19(25)20(26)21(27)22(30-18)28-12-4-2-5-15-7-9-17(10-8-15)29-14-16-6-1-3-11-23-16/h1,3,6-11,18-22,24-27H,2,4-5,12-14H2/t18-,19-,20+,21-,22-/m1/s1. The summed E-state index contributed by atoms with van der Waals surface area (Å²) in [6.07, 6.45) is -1.98. The maximum atomic E-state index is 9.94. The Labute approximate surface area is 175 Å². The zero-order valence-electron chi connectivity index (χ0n) is 16.7. The Morgan fingerprint density at radius 2 is 1.73 bits per heavy atom. The lowest BCUT2D eigenvalue weighted by Gasteiger charge is -2.39. The number of ether oxygens (including phenoxy) is 3. The van der Waals surface area contributed by atoms with Crippen LogP contribution in [0.5, 0.6) is 5.75 Å². The predicted octanol–water partition coefficient (Wildman–Crippen LogP) is 0.800. The number of benzene rings is 1. The molecule has 2 aromatic rings. The van der Waals surface area contributed by atoms with Crippen LogP contribution in [0.15, 0.2) is 48.7 Å². The fourth-order valence-corrected chi connectivity index (χ4v) is 3.23. The summed E-state index contributed by atoms with van der Waals surface area (Å²) in [6.45, 7) is 0.288. The van der Waals surface area contributed by atoms with E-state index < -0.39 is 37.3 Å². The molecule has 0 bridgehead atoms. The molecule has 1 aromatic heterocycles. The second-order valence-corrected chi connectivity index (χ2v) is 7.28. The Kier molecular flexibility index (Phi) is 8.56. The van der Waals surface area contributed by atoms with Crippen molar-refractivity contribution in [2.75, 3.05) is 13.2 Å². The highest BCUT2D eigenvalue weighted by molar-refractivity contribution is 5.27. The molecule has 3 rings (SSSR count). The van der Waals surface area contributed by atoms with Gasteiger partial charge < -0.3 is 34.6 Å². The molecule has 0 amide bonds. The molecule has 1 aliphatic heterocycles. The van der Waals surface area contributed by atoms with Crippen molar-refractivity contribution in [3.05, 3.63) is 59.9 Å². The van der Waals surface area contributed by atoms with Gasteiger partial charge in [-0.1, -0.05) is 18.2 Å². The number of hydrogen-bond acceptors (Lipinski definition) is 8. The van der Waals surface area contributed by atoms with Gasteiger partial charge in [0.25, 0.3) is 0 Å². The van der Waals surface area contributed by atoms with Crippen molar-refractivity contribution < 1.29 is 34.6 Å². The SMILES string of the molecule is OC[C@H]1O[C@@H](OCCCCc2ccc(OCc3ccccn3)cc2)[C@H](O)[C@@H](O)[C@@H]1O. The summed E-state index contributed by atoms with van der Waals surface area (Å²) in [5.41, 5.74) is 2.05. The number of aromatic nitrogens is 1. The van der Waals surface area contributed by atoms with Gasteiger partial charge in [0, 0.05) is 12.8 Å². The number of aryl methyl sites for hydroxylation is 1. The van der Waals surface area contributed by atoms with Crippen molar-refractivity contribution in [1.82, 2.24) is 4.98 Å². The maximum absolute atomic E-state index is 9.94. The molecule has 2 heterocycles. The van der Waals surface area contributed by atoms with Gasteiger partial charge in [-0.15, -0.1) is 0 Å². The fourth-order valence-electron chi connectivity index (χ4n) is 3.23. The van der Waals surface area contributed by atoms with Crippen molar-refractivity contribution in [1.29, 1.82) is 0 Å². The second-order valence-electron chi connectivity index (χ2n) is 7.28. The summed E-state index contributed by atoms with van der Waals surface area (Å²) >= 11 is 0. The van der Waals surface area contributed by atoms with Gasteiger partial charge in [-0.3, -0.25) is 4.98 Å². The van der Waals surface area contributed by atoms with Crippen LogP contribution in [0.4, 0.5) is 0 Å². The Bertz CT molecular complexity index is 741. The van der Waals surface area contributed by atoms with E-state index in [1.165, 1.54) is 5.56 Å². The molecule has 0 unspecified atom stereocenters. The van der Waals surface area contributed by atoms with Gasteiger partial charge >= 0.3 is 0 Å². The molecule has 4 N–H and O–H groups in total. The fraction of sp³-hybridized carbons (Fsp3) is 0.500. The number of nitrogens with zero attached hydrogens (tertiary/aromatic N) is 1. The molecule has 5 atom stereocenters. The maximum Gasteiger partial charge on any atom is 0.186 e. The van der Waals surface area contributed by atoms with Gasteiger partial charge in [0.05, 0.1) is 12.3 Å². The first kappa shape index (κ1) is 22.6. The van der Waals surface area contributed by atoms with Gasteiger partial charge in [0.1, 0.15) is 36.8 Å². The molecule has 1 aliphatic rings. The minimum atomic E-state index is -1.42.